The quantitative estimate of drug-likeness (QED) is 0.784. The maximum atomic E-state index is 13.5. The number of carbonyl (C=O) groups is 2. The van der Waals surface area contributed by atoms with Crippen molar-refractivity contribution in [3.8, 4) is 0 Å². The average molecular weight is 327 g/mol. The summed E-state index contributed by atoms with van der Waals surface area (Å²) in [5, 5.41) is 0. The van der Waals surface area contributed by atoms with Gasteiger partial charge in [0.05, 0.1) is 29.9 Å². The number of nitrogens with zero attached hydrogens (tertiary/aromatic N) is 1. The van der Waals surface area contributed by atoms with Crippen molar-refractivity contribution >= 4 is 11.7 Å². The Balaban J connectivity index is 1.70. The molecule has 0 aliphatic carbocycles. The predicted octanol–water partition coefficient (Wildman–Crippen LogP) is 2.63. The number of ether oxygens (including phenoxy) is 1. The van der Waals surface area contributed by atoms with Crippen LogP contribution < -0.4 is 0 Å². The molecule has 5 heteroatoms. The first kappa shape index (κ1) is 14.5. The number of fused-ring (bicyclic) bond motifs is 2. The highest BCUT2D eigenvalue weighted by atomic mass is 16.5. The maximum absolute atomic E-state index is 13.5. The molecule has 5 nitrogen and oxygen atoms in total. The first-order valence-electron chi connectivity index (χ1n) is 8.78. The average Bonchev–Trinajstić information content (AvgIpc) is 3.30. The molecule has 0 N–H and O–H groups in total. The topological polar surface area (TPSA) is 59.8 Å². The smallest absolute Gasteiger partial charge is 0.232 e. The Labute approximate surface area is 140 Å². The molecule has 0 radical (unpaired) electrons. The second-order valence-electron chi connectivity index (χ2n) is 7.72. The molecule has 0 aromatic carbocycles. The Morgan fingerprint density at radius 3 is 2.88 bits per heavy atom. The molecule has 5 rings (SSSR count). The third kappa shape index (κ3) is 1.41. The zero-order valence-corrected chi connectivity index (χ0v) is 13.9. The minimum Gasteiger partial charge on any atom is -0.467 e. The molecule has 2 bridgehead atoms. The third-order valence-corrected chi connectivity index (χ3v) is 6.66. The van der Waals surface area contributed by atoms with Crippen molar-refractivity contribution < 1.29 is 18.7 Å². The summed E-state index contributed by atoms with van der Waals surface area (Å²) in [7, 11) is 0. The number of piperidine rings is 1. The van der Waals surface area contributed by atoms with Gasteiger partial charge in [0.25, 0.3) is 0 Å². The molecule has 6 atom stereocenters. The zero-order chi connectivity index (χ0) is 16.7. The number of rotatable bonds is 2. The molecular formula is C19H21NO4. The van der Waals surface area contributed by atoms with Gasteiger partial charge < -0.3 is 14.1 Å². The fourth-order valence-electron chi connectivity index (χ4n) is 5.55. The van der Waals surface area contributed by atoms with Crippen molar-refractivity contribution in [2.24, 2.45) is 11.3 Å². The molecule has 4 aliphatic rings. The highest BCUT2D eigenvalue weighted by molar-refractivity contribution is 5.94. The second-order valence-corrected chi connectivity index (χ2v) is 7.72. The van der Waals surface area contributed by atoms with Gasteiger partial charge in [-0.1, -0.05) is 19.1 Å². The number of hydrogen-bond donors (Lipinski definition) is 0. The molecule has 1 amide bonds. The van der Waals surface area contributed by atoms with E-state index < -0.39 is 11.0 Å². The van der Waals surface area contributed by atoms with Gasteiger partial charge in [0.1, 0.15) is 17.1 Å². The molecule has 4 aliphatic heterocycles. The first-order valence-corrected chi connectivity index (χ1v) is 8.78. The predicted molar refractivity (Wildman–Crippen MR) is 85.0 cm³/mol. The molecule has 24 heavy (non-hydrogen) atoms. The van der Waals surface area contributed by atoms with Gasteiger partial charge in [0.2, 0.25) is 5.91 Å². The van der Waals surface area contributed by atoms with Crippen LogP contribution in [0, 0.1) is 11.3 Å². The minimum absolute atomic E-state index is 0.00213. The fourth-order valence-corrected chi connectivity index (χ4v) is 5.55. The van der Waals surface area contributed by atoms with E-state index >= 15 is 0 Å². The van der Waals surface area contributed by atoms with Crippen LogP contribution in [-0.4, -0.2) is 34.3 Å². The summed E-state index contributed by atoms with van der Waals surface area (Å²) in [6, 6.07) is 3.11. The van der Waals surface area contributed by atoms with E-state index in [1.807, 2.05) is 30.9 Å². The van der Waals surface area contributed by atoms with Crippen LogP contribution in [0.15, 0.2) is 35.0 Å². The standard InChI is InChI=1S/C19H21NO4/c1-3-12-14(21)9-13(15-5-4-8-23-15)20-16(12)19-7-6-11(24-19)10-18(19,2)17(20)22/h4-8,11-13,16H,3,9-10H2,1-2H3/t11-,12+,13-,16+,18+,19-/m1/s1. The fraction of sp³-hybridized carbons (Fsp3) is 0.579. The molecule has 1 aromatic rings. The second kappa shape index (κ2) is 4.39. The summed E-state index contributed by atoms with van der Waals surface area (Å²) in [6.45, 7) is 4.03. The third-order valence-electron chi connectivity index (χ3n) is 6.66. The van der Waals surface area contributed by atoms with Crippen LogP contribution in [0.4, 0.5) is 0 Å². The zero-order valence-electron chi connectivity index (χ0n) is 13.9. The van der Waals surface area contributed by atoms with Gasteiger partial charge in [-0.15, -0.1) is 0 Å². The summed E-state index contributed by atoms with van der Waals surface area (Å²) >= 11 is 0. The number of hydrogen-bond acceptors (Lipinski definition) is 4. The molecule has 1 aromatic heterocycles. The largest absolute Gasteiger partial charge is 0.467 e. The first-order chi connectivity index (χ1) is 11.5. The van der Waals surface area contributed by atoms with Crippen molar-refractivity contribution in [3.63, 3.8) is 0 Å². The van der Waals surface area contributed by atoms with E-state index in [-0.39, 0.29) is 35.8 Å². The molecule has 126 valence electrons. The number of amides is 1. The van der Waals surface area contributed by atoms with Crippen LogP contribution in [0.5, 0.6) is 0 Å². The highest BCUT2D eigenvalue weighted by Crippen LogP contribution is 2.64. The van der Waals surface area contributed by atoms with Gasteiger partial charge in [-0.25, -0.2) is 0 Å². The molecule has 5 heterocycles. The number of furan rings is 1. The van der Waals surface area contributed by atoms with E-state index in [1.54, 1.807) is 6.26 Å². The van der Waals surface area contributed by atoms with Crippen LogP contribution in [0.3, 0.4) is 0 Å². The van der Waals surface area contributed by atoms with Crippen LogP contribution >= 0.6 is 0 Å². The van der Waals surface area contributed by atoms with Crippen molar-refractivity contribution in [1.82, 2.24) is 4.90 Å². The van der Waals surface area contributed by atoms with E-state index in [0.29, 0.717) is 18.6 Å². The molecule has 1 spiro atoms. The van der Waals surface area contributed by atoms with Crippen LogP contribution in [0.2, 0.25) is 0 Å². The van der Waals surface area contributed by atoms with E-state index in [2.05, 4.69) is 12.2 Å². The normalized spacial score (nSPS) is 45.8. The number of Topliss-reactive ketones (excluding diaryl/α,β-unsaturated/α-hetero) is 1. The van der Waals surface area contributed by atoms with Crippen LogP contribution in [0.25, 0.3) is 0 Å². The molecule has 0 saturated carbocycles. The van der Waals surface area contributed by atoms with Gasteiger partial charge >= 0.3 is 0 Å². The van der Waals surface area contributed by atoms with E-state index in [0.717, 1.165) is 6.42 Å². The SMILES string of the molecule is CC[C@H]1C(=O)C[C@H](c2ccco2)N2C(=O)[C@]3(C)C[C@H]4C=C[C@@]3(O4)[C@H]12. The van der Waals surface area contributed by atoms with Gasteiger partial charge in [0, 0.05) is 12.3 Å². The molecular weight excluding hydrogens is 306 g/mol. The lowest BCUT2D eigenvalue weighted by Crippen LogP contribution is -2.56. The number of ketones is 1. The lowest BCUT2D eigenvalue weighted by molar-refractivity contribution is -0.147. The Kier molecular flexibility index (Phi) is 2.65. The van der Waals surface area contributed by atoms with Gasteiger partial charge in [-0.05, 0) is 31.9 Å². The molecule has 3 saturated heterocycles. The Morgan fingerprint density at radius 1 is 1.38 bits per heavy atom. The Bertz CT molecular complexity index is 753. The lowest BCUT2D eigenvalue weighted by atomic mass is 9.66. The summed E-state index contributed by atoms with van der Waals surface area (Å²) in [6.07, 6.45) is 7.47. The lowest BCUT2D eigenvalue weighted by Gasteiger charge is -2.45. The Hall–Kier alpha value is -1.88. The van der Waals surface area contributed by atoms with Gasteiger partial charge in [-0.2, -0.15) is 0 Å². The molecule has 0 unspecified atom stereocenters. The van der Waals surface area contributed by atoms with Crippen LogP contribution in [0.1, 0.15) is 44.9 Å². The van der Waals surface area contributed by atoms with E-state index in [9.17, 15) is 9.59 Å². The highest BCUT2D eigenvalue weighted by Gasteiger charge is 2.75. The Morgan fingerprint density at radius 2 is 2.21 bits per heavy atom. The molecule has 3 fully saturated rings. The van der Waals surface area contributed by atoms with Crippen molar-refractivity contribution in [3.05, 3.63) is 36.3 Å². The van der Waals surface area contributed by atoms with Crippen LogP contribution in [-0.2, 0) is 14.3 Å². The number of carbonyl (C=O) groups excluding carboxylic acids is 2. The van der Waals surface area contributed by atoms with Crippen molar-refractivity contribution in [1.29, 1.82) is 0 Å². The summed E-state index contributed by atoms with van der Waals surface area (Å²) in [5.74, 6) is 0.823. The maximum Gasteiger partial charge on any atom is 0.232 e. The summed E-state index contributed by atoms with van der Waals surface area (Å²) in [5.41, 5.74) is -1.25. The van der Waals surface area contributed by atoms with E-state index in [4.69, 9.17) is 9.15 Å². The van der Waals surface area contributed by atoms with Crippen molar-refractivity contribution in [2.75, 3.05) is 0 Å². The van der Waals surface area contributed by atoms with Crippen molar-refractivity contribution in [2.45, 2.75) is 56.9 Å². The monoisotopic (exact) mass is 327 g/mol. The van der Waals surface area contributed by atoms with Gasteiger partial charge in [0.15, 0.2) is 0 Å². The summed E-state index contributed by atoms with van der Waals surface area (Å²) in [4.78, 5) is 28.3. The van der Waals surface area contributed by atoms with Gasteiger partial charge in [-0.3, -0.25) is 9.59 Å². The minimum atomic E-state index is -0.670. The summed E-state index contributed by atoms with van der Waals surface area (Å²) < 4.78 is 11.9. The van der Waals surface area contributed by atoms with E-state index in [1.165, 1.54) is 0 Å².